The predicted octanol–water partition coefficient (Wildman–Crippen LogP) is 5.73. The molecule has 0 unspecified atom stereocenters. The van der Waals surface area contributed by atoms with Crippen LogP contribution in [-0.2, 0) is 0 Å². The van der Waals surface area contributed by atoms with E-state index < -0.39 is 0 Å². The van der Waals surface area contributed by atoms with E-state index in [2.05, 4.69) is 72.8 Å². The molecule has 2 aromatic carbocycles. The largest absolute Gasteiger partial charge is 0.0804 e. The summed E-state index contributed by atoms with van der Waals surface area (Å²) in [4.78, 5) is 0. The summed E-state index contributed by atoms with van der Waals surface area (Å²) in [5, 5.41) is 0. The molecule has 0 amide bonds. The maximum absolute atomic E-state index is 2.42. The van der Waals surface area contributed by atoms with E-state index in [0.29, 0.717) is 0 Å². The van der Waals surface area contributed by atoms with Gasteiger partial charge in [-0.05, 0) is 48.0 Å². The topological polar surface area (TPSA) is 0 Å². The van der Waals surface area contributed by atoms with Gasteiger partial charge in [0.2, 0.25) is 0 Å². The van der Waals surface area contributed by atoms with Crippen molar-refractivity contribution < 1.29 is 0 Å². The van der Waals surface area contributed by atoms with E-state index in [0.717, 1.165) is 25.7 Å². The van der Waals surface area contributed by atoms with Gasteiger partial charge in [0.25, 0.3) is 0 Å². The molecule has 3 rings (SSSR count). The Balaban J connectivity index is 1.74. The van der Waals surface area contributed by atoms with E-state index >= 15 is 0 Å². The third kappa shape index (κ3) is 3.08. The van der Waals surface area contributed by atoms with Gasteiger partial charge in [-0.15, -0.1) is 0 Å². The fraction of sp³-hybridized carbons (Fsp3) is 0.200. The lowest BCUT2D eigenvalue weighted by molar-refractivity contribution is 0.988. The average molecular weight is 260 g/mol. The van der Waals surface area contributed by atoms with Crippen LogP contribution in [0.5, 0.6) is 0 Å². The number of rotatable bonds is 2. The highest BCUT2D eigenvalue weighted by molar-refractivity contribution is 5.70. The summed E-state index contributed by atoms with van der Waals surface area (Å²) < 4.78 is 0. The van der Waals surface area contributed by atoms with Crippen LogP contribution in [0, 0.1) is 0 Å². The van der Waals surface area contributed by atoms with Crippen LogP contribution in [-0.4, -0.2) is 0 Å². The smallest absolute Gasteiger partial charge is 0.0228 e. The Labute approximate surface area is 121 Å². The van der Waals surface area contributed by atoms with Crippen molar-refractivity contribution >= 4 is 11.1 Å². The highest BCUT2D eigenvalue weighted by Gasteiger charge is 2.06. The SMILES string of the molecule is C1=C(/c2ccccc2)CC/C=C(/c2ccccc2)CC/1. The molecule has 0 heterocycles. The van der Waals surface area contributed by atoms with Gasteiger partial charge in [-0.2, -0.15) is 0 Å². The van der Waals surface area contributed by atoms with Crippen LogP contribution in [0.3, 0.4) is 0 Å². The quantitative estimate of drug-likeness (QED) is 0.647. The molecule has 0 saturated carbocycles. The maximum Gasteiger partial charge on any atom is -0.0228 e. The van der Waals surface area contributed by atoms with Crippen molar-refractivity contribution in [3.63, 3.8) is 0 Å². The zero-order valence-electron chi connectivity index (χ0n) is 11.8. The first-order valence-corrected chi connectivity index (χ1v) is 7.42. The second-order valence-corrected chi connectivity index (χ2v) is 5.27. The van der Waals surface area contributed by atoms with E-state index in [1.165, 1.54) is 22.3 Å². The summed E-state index contributed by atoms with van der Waals surface area (Å²) >= 11 is 0. The maximum atomic E-state index is 2.42. The van der Waals surface area contributed by atoms with Gasteiger partial charge in [-0.1, -0.05) is 72.8 Å². The van der Waals surface area contributed by atoms with Crippen LogP contribution >= 0.6 is 0 Å². The van der Waals surface area contributed by atoms with Gasteiger partial charge in [-0.3, -0.25) is 0 Å². The minimum atomic E-state index is 1.13. The lowest BCUT2D eigenvalue weighted by Crippen LogP contribution is -1.91. The van der Waals surface area contributed by atoms with E-state index in [1.54, 1.807) is 0 Å². The summed E-state index contributed by atoms with van der Waals surface area (Å²) in [6.07, 6.45) is 9.38. The Kier molecular flexibility index (Phi) is 4.13. The monoisotopic (exact) mass is 260 g/mol. The molecule has 20 heavy (non-hydrogen) atoms. The van der Waals surface area contributed by atoms with Crippen molar-refractivity contribution in [1.29, 1.82) is 0 Å². The van der Waals surface area contributed by atoms with Crippen LogP contribution in [0.15, 0.2) is 72.8 Å². The Bertz CT molecular complexity index is 546. The molecule has 0 atom stereocenters. The predicted molar refractivity (Wildman–Crippen MR) is 87.3 cm³/mol. The summed E-state index contributed by atoms with van der Waals surface area (Å²) in [5.74, 6) is 0. The molecule has 0 aliphatic heterocycles. The number of hydrogen-bond acceptors (Lipinski definition) is 0. The van der Waals surface area contributed by atoms with Gasteiger partial charge >= 0.3 is 0 Å². The van der Waals surface area contributed by atoms with Crippen LogP contribution in [0.25, 0.3) is 11.1 Å². The molecule has 0 spiro atoms. The summed E-state index contributed by atoms with van der Waals surface area (Å²) in [6.45, 7) is 0. The van der Waals surface area contributed by atoms with Crippen molar-refractivity contribution in [2.24, 2.45) is 0 Å². The minimum Gasteiger partial charge on any atom is -0.0804 e. The zero-order chi connectivity index (χ0) is 13.6. The lowest BCUT2D eigenvalue weighted by Gasteiger charge is -2.13. The molecule has 0 aromatic heterocycles. The zero-order valence-corrected chi connectivity index (χ0v) is 11.8. The molecular weight excluding hydrogens is 240 g/mol. The van der Waals surface area contributed by atoms with Crippen LogP contribution in [0.1, 0.15) is 36.8 Å². The van der Waals surface area contributed by atoms with Gasteiger partial charge in [0.1, 0.15) is 0 Å². The second kappa shape index (κ2) is 6.38. The minimum absolute atomic E-state index is 1.13. The van der Waals surface area contributed by atoms with E-state index in [4.69, 9.17) is 0 Å². The van der Waals surface area contributed by atoms with Gasteiger partial charge in [0.05, 0.1) is 0 Å². The number of allylic oxidation sites excluding steroid dienone is 4. The normalized spacial score (nSPS) is 21.0. The van der Waals surface area contributed by atoms with Crippen LogP contribution < -0.4 is 0 Å². The molecule has 0 heteroatoms. The Morgan fingerprint density at radius 2 is 0.900 bits per heavy atom. The lowest BCUT2D eigenvalue weighted by atomic mass is 9.92. The molecule has 1 aliphatic carbocycles. The fourth-order valence-corrected chi connectivity index (χ4v) is 2.84. The molecule has 0 saturated heterocycles. The molecule has 2 aromatic rings. The van der Waals surface area contributed by atoms with Crippen molar-refractivity contribution in [2.45, 2.75) is 25.7 Å². The van der Waals surface area contributed by atoms with Crippen LogP contribution in [0.2, 0.25) is 0 Å². The molecule has 1 aliphatic rings. The molecule has 0 radical (unpaired) electrons. The Hall–Kier alpha value is -2.08. The van der Waals surface area contributed by atoms with Gasteiger partial charge in [0, 0.05) is 0 Å². The average Bonchev–Trinajstić information content (AvgIpc) is 2.49. The molecule has 0 fully saturated rings. The Morgan fingerprint density at radius 1 is 0.500 bits per heavy atom. The standard InChI is InChI=1S/C20H20/c1-3-9-17(10-4-1)19-13-7-15-20(16-8-14-19)18-11-5-2-6-12-18/h1-6,9-13,16H,7-8,14-15H2/b19-13+,20-16+. The fourth-order valence-electron chi connectivity index (χ4n) is 2.84. The first-order chi connectivity index (χ1) is 9.93. The highest BCUT2D eigenvalue weighted by atomic mass is 14.1. The molecular formula is C20H20. The first-order valence-electron chi connectivity index (χ1n) is 7.42. The summed E-state index contributed by atoms with van der Waals surface area (Å²) in [6, 6.07) is 21.5. The second-order valence-electron chi connectivity index (χ2n) is 5.27. The number of hydrogen-bond donors (Lipinski definition) is 0. The van der Waals surface area contributed by atoms with Gasteiger partial charge in [-0.25, -0.2) is 0 Å². The molecule has 0 nitrogen and oxygen atoms in total. The number of benzene rings is 2. The summed E-state index contributed by atoms with van der Waals surface area (Å²) in [5.41, 5.74) is 5.75. The van der Waals surface area contributed by atoms with Gasteiger partial charge < -0.3 is 0 Å². The van der Waals surface area contributed by atoms with Crippen molar-refractivity contribution in [3.8, 4) is 0 Å². The van der Waals surface area contributed by atoms with Crippen molar-refractivity contribution in [1.82, 2.24) is 0 Å². The van der Waals surface area contributed by atoms with E-state index in [-0.39, 0.29) is 0 Å². The van der Waals surface area contributed by atoms with Gasteiger partial charge in [0.15, 0.2) is 0 Å². The van der Waals surface area contributed by atoms with Crippen molar-refractivity contribution in [2.75, 3.05) is 0 Å². The van der Waals surface area contributed by atoms with E-state index in [9.17, 15) is 0 Å². The third-order valence-corrected chi connectivity index (χ3v) is 3.90. The Morgan fingerprint density at radius 3 is 1.30 bits per heavy atom. The third-order valence-electron chi connectivity index (χ3n) is 3.90. The summed E-state index contributed by atoms with van der Waals surface area (Å²) in [7, 11) is 0. The van der Waals surface area contributed by atoms with E-state index in [1.807, 2.05) is 0 Å². The molecule has 100 valence electrons. The highest BCUT2D eigenvalue weighted by Crippen LogP contribution is 2.28. The van der Waals surface area contributed by atoms with Crippen LogP contribution in [0.4, 0.5) is 0 Å². The van der Waals surface area contributed by atoms with Crippen molar-refractivity contribution in [3.05, 3.63) is 83.9 Å². The molecule has 0 N–H and O–H groups in total. The molecule has 0 bridgehead atoms. The first kappa shape index (κ1) is 12.9.